The van der Waals surface area contributed by atoms with Crippen molar-refractivity contribution in [2.24, 2.45) is 5.92 Å². The number of hydrogen-bond acceptors (Lipinski definition) is 3. The molecule has 1 N–H and O–H groups in total. The molecule has 0 aromatic heterocycles. The molecule has 0 atom stereocenters. The number of carboxylic acids is 1. The van der Waals surface area contributed by atoms with Crippen LogP contribution in [-0.4, -0.2) is 24.8 Å². The Kier molecular flexibility index (Phi) is 6.76. The SMILES string of the molecule is COc1ccc2cc(-c3cc(CCC(=O)O)ccc3OCC3CCCCC3)ccc2c1. The topological polar surface area (TPSA) is 55.8 Å². The average Bonchev–Trinajstić information content (AvgIpc) is 2.81. The summed E-state index contributed by atoms with van der Waals surface area (Å²) in [6, 6.07) is 18.5. The molecule has 162 valence electrons. The van der Waals surface area contributed by atoms with Crippen LogP contribution in [0.5, 0.6) is 11.5 Å². The Labute approximate surface area is 183 Å². The zero-order valence-electron chi connectivity index (χ0n) is 18.1. The van der Waals surface area contributed by atoms with Crippen molar-refractivity contribution in [1.82, 2.24) is 0 Å². The molecule has 0 saturated heterocycles. The summed E-state index contributed by atoms with van der Waals surface area (Å²) in [6.07, 6.45) is 7.04. The standard InChI is InChI=1S/C27H30O4/c1-30-24-12-11-21-16-23(10-9-22(21)17-24)25-15-19(8-14-27(28)29)7-13-26(25)31-18-20-5-3-2-4-6-20/h7,9-13,15-17,20H,2-6,8,14,18H2,1H3,(H,28,29). The molecule has 3 aromatic rings. The van der Waals surface area contributed by atoms with Crippen molar-refractivity contribution in [2.75, 3.05) is 13.7 Å². The second-order valence-electron chi connectivity index (χ2n) is 8.47. The third-order valence-corrected chi connectivity index (χ3v) is 6.23. The summed E-state index contributed by atoms with van der Waals surface area (Å²) in [5.41, 5.74) is 3.11. The highest BCUT2D eigenvalue weighted by Crippen LogP contribution is 2.35. The Morgan fingerprint density at radius 1 is 0.968 bits per heavy atom. The number of benzene rings is 3. The highest BCUT2D eigenvalue weighted by Gasteiger charge is 2.16. The van der Waals surface area contributed by atoms with Gasteiger partial charge in [-0.2, -0.15) is 0 Å². The zero-order chi connectivity index (χ0) is 21.6. The fourth-order valence-corrected chi connectivity index (χ4v) is 4.42. The third-order valence-electron chi connectivity index (χ3n) is 6.23. The molecule has 1 aliphatic rings. The normalized spacial score (nSPS) is 14.5. The quantitative estimate of drug-likeness (QED) is 0.454. The monoisotopic (exact) mass is 418 g/mol. The van der Waals surface area contributed by atoms with Gasteiger partial charge >= 0.3 is 5.97 Å². The maximum Gasteiger partial charge on any atom is 0.303 e. The molecule has 0 amide bonds. The number of carboxylic acid groups (broad SMARTS) is 1. The van der Waals surface area contributed by atoms with E-state index in [2.05, 4.69) is 30.3 Å². The Balaban J connectivity index is 1.65. The lowest BCUT2D eigenvalue weighted by molar-refractivity contribution is -0.136. The first-order chi connectivity index (χ1) is 15.1. The van der Waals surface area contributed by atoms with Gasteiger partial charge in [0.15, 0.2) is 0 Å². The first kappa shape index (κ1) is 21.2. The van der Waals surface area contributed by atoms with Gasteiger partial charge in [0.2, 0.25) is 0 Å². The van der Waals surface area contributed by atoms with E-state index in [4.69, 9.17) is 14.6 Å². The molecule has 1 saturated carbocycles. The van der Waals surface area contributed by atoms with Crippen molar-refractivity contribution in [3.63, 3.8) is 0 Å². The highest BCUT2D eigenvalue weighted by molar-refractivity contribution is 5.89. The van der Waals surface area contributed by atoms with E-state index in [1.165, 1.54) is 32.1 Å². The van der Waals surface area contributed by atoms with Gasteiger partial charge in [0, 0.05) is 12.0 Å². The van der Waals surface area contributed by atoms with E-state index in [1.807, 2.05) is 24.3 Å². The molecule has 31 heavy (non-hydrogen) atoms. The molecule has 4 rings (SSSR count). The van der Waals surface area contributed by atoms with Crippen LogP contribution in [0.1, 0.15) is 44.1 Å². The molecule has 0 aliphatic heterocycles. The van der Waals surface area contributed by atoms with Crippen LogP contribution in [0, 0.1) is 5.92 Å². The summed E-state index contributed by atoms with van der Waals surface area (Å²) in [5, 5.41) is 11.3. The van der Waals surface area contributed by atoms with Gasteiger partial charge in [0.1, 0.15) is 11.5 Å². The predicted octanol–water partition coefficient (Wildman–Crippen LogP) is 6.49. The molecule has 1 fully saturated rings. The number of fused-ring (bicyclic) bond motifs is 1. The first-order valence-corrected chi connectivity index (χ1v) is 11.2. The van der Waals surface area contributed by atoms with E-state index >= 15 is 0 Å². The maximum atomic E-state index is 11.0. The zero-order valence-corrected chi connectivity index (χ0v) is 18.1. The lowest BCUT2D eigenvalue weighted by atomic mass is 9.90. The molecule has 0 unspecified atom stereocenters. The second-order valence-corrected chi connectivity index (χ2v) is 8.47. The molecule has 1 aliphatic carbocycles. The van der Waals surface area contributed by atoms with Crippen LogP contribution in [0.4, 0.5) is 0 Å². The predicted molar refractivity (Wildman–Crippen MR) is 124 cm³/mol. The molecule has 4 nitrogen and oxygen atoms in total. The Bertz CT molecular complexity index is 1050. The maximum absolute atomic E-state index is 11.0. The van der Waals surface area contributed by atoms with Crippen molar-refractivity contribution in [1.29, 1.82) is 0 Å². The number of ether oxygens (including phenoxy) is 2. The van der Waals surface area contributed by atoms with Gasteiger partial charge in [-0.25, -0.2) is 0 Å². The van der Waals surface area contributed by atoms with Crippen LogP contribution < -0.4 is 9.47 Å². The number of methoxy groups -OCH3 is 1. The molecule has 0 bridgehead atoms. The largest absolute Gasteiger partial charge is 0.497 e. The molecule has 0 heterocycles. The van der Waals surface area contributed by atoms with Crippen LogP contribution in [0.15, 0.2) is 54.6 Å². The number of rotatable bonds is 8. The van der Waals surface area contributed by atoms with Gasteiger partial charge in [-0.1, -0.05) is 43.5 Å². The summed E-state index contributed by atoms with van der Waals surface area (Å²) in [5.74, 6) is 1.56. The van der Waals surface area contributed by atoms with Crippen LogP contribution in [0.25, 0.3) is 21.9 Å². The fraction of sp³-hybridized carbons (Fsp3) is 0.370. The minimum absolute atomic E-state index is 0.124. The van der Waals surface area contributed by atoms with Gasteiger partial charge in [-0.15, -0.1) is 0 Å². The smallest absolute Gasteiger partial charge is 0.303 e. The van der Waals surface area contributed by atoms with Gasteiger partial charge in [-0.05, 0) is 77.4 Å². The molecule has 0 spiro atoms. The van der Waals surface area contributed by atoms with Crippen LogP contribution in [0.3, 0.4) is 0 Å². The van der Waals surface area contributed by atoms with Gasteiger partial charge in [0.25, 0.3) is 0 Å². The molecular formula is C27H30O4. The van der Waals surface area contributed by atoms with E-state index in [-0.39, 0.29) is 6.42 Å². The van der Waals surface area contributed by atoms with Gasteiger partial charge in [-0.3, -0.25) is 4.79 Å². The summed E-state index contributed by atoms with van der Waals surface area (Å²) in [7, 11) is 1.67. The Morgan fingerprint density at radius 2 is 1.74 bits per heavy atom. The minimum atomic E-state index is -0.779. The molecule has 0 radical (unpaired) electrons. The Hall–Kier alpha value is -3.01. The van der Waals surface area contributed by atoms with Crippen LogP contribution in [-0.2, 0) is 11.2 Å². The lowest BCUT2D eigenvalue weighted by Crippen LogP contribution is -2.15. The molecular weight excluding hydrogens is 388 g/mol. The second kappa shape index (κ2) is 9.86. The summed E-state index contributed by atoms with van der Waals surface area (Å²) in [6.45, 7) is 0.742. The van der Waals surface area contributed by atoms with Crippen molar-refractivity contribution in [3.05, 3.63) is 60.2 Å². The number of aliphatic carboxylic acids is 1. The summed E-state index contributed by atoms with van der Waals surface area (Å²) >= 11 is 0. The average molecular weight is 419 g/mol. The highest BCUT2D eigenvalue weighted by atomic mass is 16.5. The fourth-order valence-electron chi connectivity index (χ4n) is 4.42. The van der Waals surface area contributed by atoms with Crippen molar-refractivity contribution < 1.29 is 19.4 Å². The third kappa shape index (κ3) is 5.38. The van der Waals surface area contributed by atoms with Crippen LogP contribution in [0.2, 0.25) is 0 Å². The van der Waals surface area contributed by atoms with Gasteiger partial charge < -0.3 is 14.6 Å². The van der Waals surface area contributed by atoms with Gasteiger partial charge in [0.05, 0.1) is 13.7 Å². The lowest BCUT2D eigenvalue weighted by Gasteiger charge is -2.23. The number of carbonyl (C=O) groups is 1. The minimum Gasteiger partial charge on any atom is -0.497 e. The number of aryl methyl sites for hydroxylation is 1. The van der Waals surface area contributed by atoms with Crippen LogP contribution >= 0.6 is 0 Å². The molecule has 4 heteroatoms. The van der Waals surface area contributed by atoms with Crippen molar-refractivity contribution in [2.45, 2.75) is 44.9 Å². The summed E-state index contributed by atoms with van der Waals surface area (Å²) in [4.78, 5) is 11.0. The van der Waals surface area contributed by atoms with E-state index in [9.17, 15) is 4.79 Å². The van der Waals surface area contributed by atoms with E-state index in [1.54, 1.807) is 7.11 Å². The van der Waals surface area contributed by atoms with Crippen molar-refractivity contribution in [3.8, 4) is 22.6 Å². The molecule has 3 aromatic carbocycles. The number of hydrogen-bond donors (Lipinski definition) is 1. The van der Waals surface area contributed by atoms with E-state index < -0.39 is 5.97 Å². The van der Waals surface area contributed by atoms with Crippen molar-refractivity contribution >= 4 is 16.7 Å². The first-order valence-electron chi connectivity index (χ1n) is 11.2. The summed E-state index contributed by atoms with van der Waals surface area (Å²) < 4.78 is 11.7. The Morgan fingerprint density at radius 3 is 2.52 bits per heavy atom. The van der Waals surface area contributed by atoms with E-state index in [0.29, 0.717) is 12.3 Å². The van der Waals surface area contributed by atoms with E-state index in [0.717, 1.165) is 45.6 Å².